The average molecular weight is 411 g/mol. The van der Waals surface area contributed by atoms with Crippen molar-refractivity contribution in [2.45, 2.75) is 49.8 Å². The normalized spacial score (nSPS) is 20.1. The molecule has 0 bridgehead atoms. The molecule has 0 atom stereocenters. The van der Waals surface area contributed by atoms with Gasteiger partial charge in [0, 0.05) is 31.8 Å². The van der Waals surface area contributed by atoms with Crippen LogP contribution in [0.25, 0.3) is 0 Å². The summed E-state index contributed by atoms with van der Waals surface area (Å²) in [6.45, 7) is 1.12. The molecule has 0 unspecified atom stereocenters. The minimum absolute atomic E-state index is 0.0879. The van der Waals surface area contributed by atoms with Crippen LogP contribution < -0.4 is 5.32 Å². The van der Waals surface area contributed by atoms with Gasteiger partial charge in [0.25, 0.3) is 0 Å². The molecular formula is C20H27FN2O4S. The molecule has 1 saturated carbocycles. The Labute approximate surface area is 165 Å². The summed E-state index contributed by atoms with van der Waals surface area (Å²) in [7, 11) is -3.48. The van der Waals surface area contributed by atoms with E-state index in [4.69, 9.17) is 0 Å². The first-order chi connectivity index (χ1) is 13.2. The molecule has 6 nitrogen and oxygen atoms in total. The molecule has 1 heterocycles. The average Bonchev–Trinajstić information content (AvgIpc) is 3.18. The zero-order chi connectivity index (χ0) is 20.4. The van der Waals surface area contributed by atoms with E-state index in [1.54, 1.807) is 17.0 Å². The number of halogens is 1. The lowest BCUT2D eigenvalue weighted by Gasteiger charge is -2.37. The monoisotopic (exact) mass is 410 g/mol. The highest BCUT2D eigenvalue weighted by Crippen LogP contribution is 2.39. The molecule has 3 rings (SSSR count). The van der Waals surface area contributed by atoms with E-state index >= 15 is 0 Å². The summed E-state index contributed by atoms with van der Waals surface area (Å²) in [6, 6.07) is 5.96. The second-order valence-corrected chi connectivity index (χ2v) is 10.2. The molecule has 154 valence electrons. The first-order valence-corrected chi connectivity index (χ1v) is 11.6. The summed E-state index contributed by atoms with van der Waals surface area (Å²) < 4.78 is 36.3. The van der Waals surface area contributed by atoms with Crippen molar-refractivity contribution in [1.29, 1.82) is 0 Å². The minimum Gasteiger partial charge on any atom is -0.352 e. The molecule has 2 aliphatic rings. The van der Waals surface area contributed by atoms with Crippen LogP contribution in [0.1, 0.15) is 44.1 Å². The molecule has 8 heteroatoms. The fourth-order valence-electron chi connectivity index (χ4n) is 4.26. The maximum Gasteiger partial charge on any atom is 0.244 e. The second kappa shape index (κ2) is 8.19. The van der Waals surface area contributed by atoms with E-state index in [2.05, 4.69) is 5.32 Å². The maximum atomic E-state index is 13.0. The molecule has 1 aromatic rings. The highest BCUT2D eigenvalue weighted by molar-refractivity contribution is 7.92. The van der Waals surface area contributed by atoms with Gasteiger partial charge < -0.3 is 10.2 Å². The summed E-state index contributed by atoms with van der Waals surface area (Å²) in [5.74, 6) is -0.906. The number of carbonyl (C=O) groups excluding carboxylic acids is 2. The molecule has 28 heavy (non-hydrogen) atoms. The number of carbonyl (C=O) groups is 2. The van der Waals surface area contributed by atoms with Crippen molar-refractivity contribution in [2.75, 3.05) is 19.3 Å². The van der Waals surface area contributed by atoms with Gasteiger partial charge in [0.15, 0.2) is 14.6 Å². The van der Waals surface area contributed by atoms with Gasteiger partial charge in [-0.05, 0) is 43.4 Å². The molecule has 0 radical (unpaired) electrons. The summed E-state index contributed by atoms with van der Waals surface area (Å²) in [5.41, 5.74) is 0.818. The van der Waals surface area contributed by atoms with Crippen molar-refractivity contribution >= 4 is 21.7 Å². The standard InChI is InChI=1S/C20H27FN2O4S/c1-28(26,27)20(10-2-3-11-20)19(25)23-12-8-16(9-13-23)18(24)22-14-15-4-6-17(21)7-5-15/h4-7,16H,2-3,8-14H2,1H3,(H,22,24). The summed E-state index contributed by atoms with van der Waals surface area (Å²) in [5, 5.41) is 2.86. The van der Waals surface area contributed by atoms with Gasteiger partial charge >= 0.3 is 0 Å². The Balaban J connectivity index is 1.54. The first-order valence-electron chi connectivity index (χ1n) is 9.74. The molecule has 1 aromatic carbocycles. The van der Waals surface area contributed by atoms with Crippen molar-refractivity contribution in [1.82, 2.24) is 10.2 Å². The Morgan fingerprint density at radius 3 is 2.25 bits per heavy atom. The summed E-state index contributed by atoms with van der Waals surface area (Å²) in [4.78, 5) is 27.0. The zero-order valence-corrected chi connectivity index (χ0v) is 16.9. The number of rotatable bonds is 5. The molecule has 0 spiro atoms. The number of likely N-dealkylation sites (tertiary alicyclic amines) is 1. The number of benzene rings is 1. The van der Waals surface area contributed by atoms with Gasteiger partial charge in [0.05, 0.1) is 0 Å². The Morgan fingerprint density at radius 2 is 1.71 bits per heavy atom. The maximum absolute atomic E-state index is 13.0. The third-order valence-electron chi connectivity index (χ3n) is 6.04. The van der Waals surface area contributed by atoms with Crippen LogP contribution in [0.2, 0.25) is 0 Å². The molecule has 1 aliphatic heterocycles. The van der Waals surface area contributed by atoms with Crippen LogP contribution in [0, 0.1) is 11.7 Å². The van der Waals surface area contributed by atoms with Gasteiger partial charge in [-0.1, -0.05) is 25.0 Å². The number of nitrogens with one attached hydrogen (secondary N) is 1. The molecule has 1 N–H and O–H groups in total. The van der Waals surface area contributed by atoms with Crippen molar-refractivity contribution in [3.63, 3.8) is 0 Å². The van der Waals surface area contributed by atoms with E-state index in [1.807, 2.05) is 0 Å². The van der Waals surface area contributed by atoms with E-state index < -0.39 is 14.6 Å². The number of amides is 2. The lowest BCUT2D eigenvalue weighted by atomic mass is 9.94. The lowest BCUT2D eigenvalue weighted by Crippen LogP contribution is -2.54. The van der Waals surface area contributed by atoms with Crippen LogP contribution in [0.15, 0.2) is 24.3 Å². The van der Waals surface area contributed by atoms with Crippen LogP contribution in [0.4, 0.5) is 4.39 Å². The Hall–Kier alpha value is -1.96. The first kappa shape index (κ1) is 20.8. The third kappa shape index (κ3) is 4.21. The Bertz CT molecular complexity index is 824. The fourth-order valence-corrected chi connectivity index (χ4v) is 5.73. The van der Waals surface area contributed by atoms with Crippen LogP contribution >= 0.6 is 0 Å². The molecule has 0 aromatic heterocycles. The van der Waals surface area contributed by atoms with E-state index in [-0.39, 0.29) is 23.5 Å². The highest BCUT2D eigenvalue weighted by atomic mass is 32.2. The van der Waals surface area contributed by atoms with Gasteiger partial charge in [0.1, 0.15) is 5.82 Å². The van der Waals surface area contributed by atoms with Gasteiger partial charge in [-0.25, -0.2) is 12.8 Å². The van der Waals surface area contributed by atoms with Crippen LogP contribution in [0.3, 0.4) is 0 Å². The van der Waals surface area contributed by atoms with Crippen molar-refractivity contribution in [2.24, 2.45) is 5.92 Å². The molecule has 1 saturated heterocycles. The Morgan fingerprint density at radius 1 is 1.14 bits per heavy atom. The van der Waals surface area contributed by atoms with Crippen LogP contribution in [-0.4, -0.2) is 49.2 Å². The molecular weight excluding hydrogens is 383 g/mol. The van der Waals surface area contributed by atoms with Crippen molar-refractivity contribution in [3.05, 3.63) is 35.6 Å². The smallest absolute Gasteiger partial charge is 0.244 e. The molecule has 2 amide bonds. The second-order valence-electron chi connectivity index (χ2n) is 7.88. The van der Waals surface area contributed by atoms with Crippen molar-refractivity contribution in [3.8, 4) is 0 Å². The fraction of sp³-hybridized carbons (Fsp3) is 0.600. The van der Waals surface area contributed by atoms with Gasteiger partial charge in [0.2, 0.25) is 11.8 Å². The van der Waals surface area contributed by atoms with Gasteiger partial charge in [-0.15, -0.1) is 0 Å². The highest BCUT2D eigenvalue weighted by Gasteiger charge is 2.52. The van der Waals surface area contributed by atoms with E-state index in [1.165, 1.54) is 12.1 Å². The summed E-state index contributed by atoms with van der Waals surface area (Å²) in [6.07, 6.45) is 4.47. The molecule has 1 aliphatic carbocycles. The van der Waals surface area contributed by atoms with E-state index in [0.29, 0.717) is 45.3 Å². The topological polar surface area (TPSA) is 83.6 Å². The van der Waals surface area contributed by atoms with Gasteiger partial charge in [-0.2, -0.15) is 0 Å². The number of nitrogens with zero attached hydrogens (tertiary/aromatic N) is 1. The van der Waals surface area contributed by atoms with Crippen LogP contribution in [0.5, 0.6) is 0 Å². The number of sulfone groups is 1. The zero-order valence-electron chi connectivity index (χ0n) is 16.1. The number of hydrogen-bond acceptors (Lipinski definition) is 4. The number of hydrogen-bond donors (Lipinski definition) is 1. The quantitative estimate of drug-likeness (QED) is 0.805. The van der Waals surface area contributed by atoms with Crippen molar-refractivity contribution < 1.29 is 22.4 Å². The third-order valence-corrected chi connectivity index (χ3v) is 8.05. The van der Waals surface area contributed by atoms with Gasteiger partial charge in [-0.3, -0.25) is 9.59 Å². The predicted octanol–water partition coefficient (Wildman–Crippen LogP) is 2.04. The van der Waals surface area contributed by atoms with E-state index in [9.17, 15) is 22.4 Å². The SMILES string of the molecule is CS(=O)(=O)C1(C(=O)N2CCC(C(=O)NCc3ccc(F)cc3)CC2)CCCC1. The predicted molar refractivity (Wildman–Crippen MR) is 104 cm³/mol. The minimum atomic E-state index is -3.48. The number of piperidine rings is 1. The summed E-state index contributed by atoms with van der Waals surface area (Å²) >= 11 is 0. The van der Waals surface area contributed by atoms with Crippen LogP contribution in [-0.2, 0) is 26.0 Å². The molecule has 2 fully saturated rings. The lowest BCUT2D eigenvalue weighted by molar-refractivity contribution is -0.137. The Kier molecular flexibility index (Phi) is 6.07. The largest absolute Gasteiger partial charge is 0.352 e. The van der Waals surface area contributed by atoms with E-state index in [0.717, 1.165) is 24.7 Å².